The van der Waals surface area contributed by atoms with Gasteiger partial charge in [0.25, 0.3) is 0 Å². The van der Waals surface area contributed by atoms with Crippen LogP contribution in [0.1, 0.15) is 21.7 Å². The summed E-state index contributed by atoms with van der Waals surface area (Å²) in [4.78, 5) is 20.8. The van der Waals surface area contributed by atoms with Crippen molar-refractivity contribution in [3.05, 3.63) is 72.0 Å². The molecule has 4 rings (SSSR count). The zero-order chi connectivity index (χ0) is 17.2. The van der Waals surface area contributed by atoms with Gasteiger partial charge in [-0.2, -0.15) is 5.10 Å². The molecule has 0 aliphatic carbocycles. The molecule has 4 aromatic rings. The average Bonchev–Trinajstić information content (AvgIpc) is 3.30. The fourth-order valence-corrected chi connectivity index (χ4v) is 2.49. The first-order valence-electron chi connectivity index (χ1n) is 7.68. The van der Waals surface area contributed by atoms with Crippen LogP contribution in [0.3, 0.4) is 0 Å². The Bertz CT molecular complexity index is 1040. The molecule has 0 bridgehead atoms. The van der Waals surface area contributed by atoms with Crippen LogP contribution in [-0.4, -0.2) is 25.6 Å². The van der Waals surface area contributed by atoms with Gasteiger partial charge < -0.3 is 9.15 Å². The third kappa shape index (κ3) is 2.87. The van der Waals surface area contributed by atoms with Crippen LogP contribution in [0.25, 0.3) is 17.1 Å². The van der Waals surface area contributed by atoms with E-state index in [4.69, 9.17) is 9.15 Å². The molecule has 0 aliphatic rings. The second kappa shape index (κ2) is 6.20. The maximum absolute atomic E-state index is 12.3. The highest BCUT2D eigenvalue weighted by Gasteiger charge is 2.16. The van der Waals surface area contributed by atoms with Crippen molar-refractivity contribution in [2.45, 2.75) is 13.5 Å². The summed E-state index contributed by atoms with van der Waals surface area (Å²) in [6.45, 7) is 1.81. The van der Waals surface area contributed by atoms with Crippen molar-refractivity contribution in [1.29, 1.82) is 0 Å². The Morgan fingerprint density at radius 3 is 2.92 bits per heavy atom. The maximum Gasteiger partial charge on any atom is 0.341 e. The van der Waals surface area contributed by atoms with Crippen LogP contribution < -0.4 is 0 Å². The molecule has 25 heavy (non-hydrogen) atoms. The van der Waals surface area contributed by atoms with Gasteiger partial charge in [-0.25, -0.2) is 19.3 Å². The molecule has 0 N–H and O–H groups in total. The lowest BCUT2D eigenvalue weighted by atomic mass is 10.2. The number of ether oxygens (including phenoxy) is 1. The van der Waals surface area contributed by atoms with E-state index in [0.29, 0.717) is 28.5 Å². The molecule has 0 amide bonds. The zero-order valence-electron chi connectivity index (χ0n) is 13.4. The summed E-state index contributed by atoms with van der Waals surface area (Å²) >= 11 is 0. The molecule has 0 fully saturated rings. The molecular weight excluding hydrogens is 320 g/mol. The first-order chi connectivity index (χ1) is 12.2. The van der Waals surface area contributed by atoms with E-state index in [-0.39, 0.29) is 6.61 Å². The Hall–Kier alpha value is -3.48. The summed E-state index contributed by atoms with van der Waals surface area (Å²) in [5.74, 6) is 0.00844. The van der Waals surface area contributed by atoms with Gasteiger partial charge in [-0.3, -0.25) is 0 Å². The molecule has 124 valence electrons. The number of aromatic nitrogens is 4. The highest BCUT2D eigenvalue weighted by molar-refractivity contribution is 5.90. The molecule has 0 unspecified atom stereocenters. The van der Waals surface area contributed by atoms with E-state index in [1.54, 1.807) is 23.7 Å². The molecule has 1 aromatic carbocycles. The van der Waals surface area contributed by atoms with Crippen LogP contribution >= 0.6 is 0 Å². The van der Waals surface area contributed by atoms with E-state index in [1.165, 1.54) is 12.5 Å². The van der Waals surface area contributed by atoms with Crippen molar-refractivity contribution in [3.63, 3.8) is 0 Å². The first-order valence-corrected chi connectivity index (χ1v) is 7.68. The number of nitrogens with zero attached hydrogens (tertiary/aromatic N) is 4. The Morgan fingerprint density at radius 1 is 1.24 bits per heavy atom. The van der Waals surface area contributed by atoms with Gasteiger partial charge in [0.2, 0.25) is 5.89 Å². The second-order valence-electron chi connectivity index (χ2n) is 5.44. The molecule has 3 heterocycles. The van der Waals surface area contributed by atoms with E-state index >= 15 is 0 Å². The molecule has 0 atom stereocenters. The predicted molar refractivity (Wildman–Crippen MR) is 88.8 cm³/mol. The smallest absolute Gasteiger partial charge is 0.341 e. The van der Waals surface area contributed by atoms with E-state index in [9.17, 15) is 4.79 Å². The molecule has 7 nitrogen and oxygen atoms in total. The van der Waals surface area contributed by atoms with Crippen molar-refractivity contribution < 1.29 is 13.9 Å². The standard InChI is InChI=1S/C18H14N4O3/c1-12-15(9-19-16-7-8-20-22(12)16)18(23)25-11-14-10-24-17(21-14)13-5-3-2-4-6-13/h2-10H,11H2,1H3. The fourth-order valence-electron chi connectivity index (χ4n) is 2.49. The van der Waals surface area contributed by atoms with Gasteiger partial charge in [0.1, 0.15) is 18.6 Å². The largest absolute Gasteiger partial charge is 0.455 e. The summed E-state index contributed by atoms with van der Waals surface area (Å²) in [5, 5.41) is 4.14. The molecule has 0 aliphatic heterocycles. The quantitative estimate of drug-likeness (QED) is 0.534. The molecular formula is C18H14N4O3. The van der Waals surface area contributed by atoms with Gasteiger partial charge in [-0.15, -0.1) is 0 Å². The van der Waals surface area contributed by atoms with E-state index in [0.717, 1.165) is 5.56 Å². The van der Waals surface area contributed by atoms with Crippen molar-refractivity contribution in [2.24, 2.45) is 0 Å². The summed E-state index contributed by atoms with van der Waals surface area (Å²) in [6.07, 6.45) is 4.61. The minimum Gasteiger partial charge on any atom is -0.455 e. The van der Waals surface area contributed by atoms with Crippen LogP contribution in [0, 0.1) is 6.92 Å². The van der Waals surface area contributed by atoms with Gasteiger partial charge in [0, 0.05) is 17.8 Å². The van der Waals surface area contributed by atoms with Gasteiger partial charge in [0.05, 0.1) is 17.5 Å². The second-order valence-corrected chi connectivity index (χ2v) is 5.44. The number of fused-ring (bicyclic) bond motifs is 1. The lowest BCUT2D eigenvalue weighted by molar-refractivity contribution is 0.0465. The molecule has 0 saturated heterocycles. The Kier molecular flexibility index (Phi) is 3.74. The predicted octanol–water partition coefficient (Wildman–Crippen LogP) is 3.05. The summed E-state index contributed by atoms with van der Waals surface area (Å²) in [6, 6.07) is 11.3. The number of hydrogen-bond acceptors (Lipinski definition) is 6. The minimum atomic E-state index is -0.480. The van der Waals surface area contributed by atoms with Gasteiger partial charge in [0.15, 0.2) is 5.65 Å². The minimum absolute atomic E-state index is 0.0196. The van der Waals surface area contributed by atoms with E-state index < -0.39 is 5.97 Å². The number of carbonyl (C=O) groups is 1. The topological polar surface area (TPSA) is 82.5 Å². The number of esters is 1. The van der Waals surface area contributed by atoms with Gasteiger partial charge in [-0.1, -0.05) is 18.2 Å². The van der Waals surface area contributed by atoms with Crippen molar-refractivity contribution in [2.75, 3.05) is 0 Å². The summed E-state index contributed by atoms with van der Waals surface area (Å²) in [7, 11) is 0. The van der Waals surface area contributed by atoms with E-state index in [2.05, 4.69) is 15.1 Å². The van der Waals surface area contributed by atoms with E-state index in [1.807, 2.05) is 30.3 Å². The summed E-state index contributed by atoms with van der Waals surface area (Å²) in [5.41, 5.74) is 3.12. The molecule has 3 aromatic heterocycles. The van der Waals surface area contributed by atoms with Crippen molar-refractivity contribution in [1.82, 2.24) is 19.6 Å². The third-order valence-corrected chi connectivity index (χ3v) is 3.80. The third-order valence-electron chi connectivity index (χ3n) is 3.80. The lowest BCUT2D eigenvalue weighted by Gasteiger charge is -2.06. The van der Waals surface area contributed by atoms with Crippen LogP contribution in [-0.2, 0) is 11.3 Å². The highest BCUT2D eigenvalue weighted by atomic mass is 16.5. The van der Waals surface area contributed by atoms with Crippen molar-refractivity contribution in [3.8, 4) is 11.5 Å². The number of carbonyl (C=O) groups excluding carboxylic acids is 1. The van der Waals surface area contributed by atoms with Crippen LogP contribution in [0.15, 0.2) is 59.5 Å². The average molecular weight is 334 g/mol. The van der Waals surface area contributed by atoms with Crippen molar-refractivity contribution >= 4 is 11.6 Å². The number of rotatable bonds is 4. The Labute approximate surface area is 142 Å². The number of aryl methyl sites for hydroxylation is 1. The zero-order valence-corrected chi connectivity index (χ0v) is 13.4. The van der Waals surface area contributed by atoms with Crippen LogP contribution in [0.2, 0.25) is 0 Å². The SMILES string of the molecule is Cc1c(C(=O)OCc2coc(-c3ccccc3)n2)cnc2ccnn12. The Morgan fingerprint density at radius 2 is 2.08 bits per heavy atom. The fraction of sp³-hybridized carbons (Fsp3) is 0.111. The monoisotopic (exact) mass is 334 g/mol. The van der Waals surface area contributed by atoms with Crippen LogP contribution in [0.4, 0.5) is 0 Å². The lowest BCUT2D eigenvalue weighted by Crippen LogP contribution is -2.11. The molecule has 0 saturated carbocycles. The Balaban J connectivity index is 1.48. The van der Waals surface area contributed by atoms with Crippen LogP contribution in [0.5, 0.6) is 0 Å². The normalized spacial score (nSPS) is 10.9. The molecule has 0 spiro atoms. The number of oxazole rings is 1. The first kappa shape index (κ1) is 15.1. The highest BCUT2D eigenvalue weighted by Crippen LogP contribution is 2.18. The van der Waals surface area contributed by atoms with Gasteiger partial charge >= 0.3 is 5.97 Å². The summed E-state index contributed by atoms with van der Waals surface area (Å²) < 4.78 is 12.4. The maximum atomic E-state index is 12.3. The molecule has 7 heteroatoms. The molecule has 0 radical (unpaired) electrons. The number of hydrogen-bond donors (Lipinski definition) is 0. The number of benzene rings is 1. The van der Waals surface area contributed by atoms with Gasteiger partial charge in [-0.05, 0) is 19.1 Å².